The van der Waals surface area contributed by atoms with Crippen molar-refractivity contribution in [2.45, 2.75) is 6.92 Å². The van der Waals surface area contributed by atoms with E-state index < -0.39 is 0 Å². The molecule has 3 nitrogen and oxygen atoms in total. The number of carbonyl (C=O) groups is 1. The van der Waals surface area contributed by atoms with Gasteiger partial charge in [-0.2, -0.15) is 0 Å². The number of carbonyl (C=O) groups excluding carboxylic acids is 1. The molecule has 1 N–H and O–H groups in total. The van der Waals surface area contributed by atoms with Gasteiger partial charge in [-0.1, -0.05) is 22.0 Å². The summed E-state index contributed by atoms with van der Waals surface area (Å²) in [7, 11) is 1.54. The average Bonchev–Trinajstić information content (AvgIpc) is 2.41. The second kappa shape index (κ2) is 6.41. The minimum absolute atomic E-state index is 0.209. The van der Waals surface area contributed by atoms with Crippen molar-refractivity contribution < 1.29 is 9.53 Å². The van der Waals surface area contributed by atoms with Crippen molar-refractivity contribution >= 4 is 43.5 Å². The van der Waals surface area contributed by atoms with Gasteiger partial charge in [0.05, 0.1) is 18.4 Å². The third kappa shape index (κ3) is 3.41. The minimum Gasteiger partial charge on any atom is -0.496 e. The highest BCUT2D eigenvalue weighted by Gasteiger charge is 2.13. The van der Waals surface area contributed by atoms with Gasteiger partial charge in [-0.25, -0.2) is 0 Å². The molecule has 0 aliphatic rings. The zero-order valence-corrected chi connectivity index (χ0v) is 14.2. The SMILES string of the molecule is COc1cc(Br)ccc1C(=O)Nc1ccc(C)cc1Br. The minimum atomic E-state index is -0.209. The van der Waals surface area contributed by atoms with Crippen LogP contribution < -0.4 is 10.1 Å². The number of aryl methyl sites for hydroxylation is 1. The van der Waals surface area contributed by atoms with E-state index in [1.54, 1.807) is 19.2 Å². The lowest BCUT2D eigenvalue weighted by Gasteiger charge is -2.11. The maximum atomic E-state index is 12.3. The number of amides is 1. The normalized spacial score (nSPS) is 10.2. The summed E-state index contributed by atoms with van der Waals surface area (Å²) in [5.41, 5.74) is 2.34. The van der Waals surface area contributed by atoms with Gasteiger partial charge in [0.15, 0.2) is 0 Å². The first kappa shape index (κ1) is 15.1. The number of anilines is 1. The highest BCUT2D eigenvalue weighted by atomic mass is 79.9. The zero-order chi connectivity index (χ0) is 14.7. The number of ether oxygens (including phenoxy) is 1. The van der Waals surface area contributed by atoms with Crippen LogP contribution in [0.1, 0.15) is 15.9 Å². The molecular formula is C15H13Br2NO2. The van der Waals surface area contributed by atoms with Gasteiger partial charge in [0.2, 0.25) is 0 Å². The van der Waals surface area contributed by atoms with Crippen molar-refractivity contribution in [1.29, 1.82) is 0 Å². The van der Waals surface area contributed by atoms with E-state index in [1.807, 2.05) is 31.2 Å². The molecule has 0 saturated carbocycles. The van der Waals surface area contributed by atoms with Crippen LogP contribution in [0.4, 0.5) is 5.69 Å². The number of benzene rings is 2. The second-order valence-corrected chi connectivity index (χ2v) is 6.05. The van der Waals surface area contributed by atoms with Gasteiger partial charge in [-0.05, 0) is 58.7 Å². The Morgan fingerprint density at radius 2 is 1.90 bits per heavy atom. The molecule has 0 saturated heterocycles. The predicted molar refractivity (Wildman–Crippen MR) is 87.5 cm³/mol. The number of rotatable bonds is 3. The van der Waals surface area contributed by atoms with E-state index in [1.165, 1.54) is 0 Å². The summed E-state index contributed by atoms with van der Waals surface area (Å²) in [5.74, 6) is 0.319. The summed E-state index contributed by atoms with van der Waals surface area (Å²) in [6.45, 7) is 1.99. The Morgan fingerprint density at radius 1 is 1.15 bits per heavy atom. The van der Waals surface area contributed by atoms with Crippen LogP contribution >= 0.6 is 31.9 Å². The van der Waals surface area contributed by atoms with Gasteiger partial charge in [0, 0.05) is 8.95 Å². The molecule has 0 heterocycles. The lowest BCUT2D eigenvalue weighted by molar-refractivity contribution is 0.102. The Labute approximate surface area is 134 Å². The van der Waals surface area contributed by atoms with Crippen LogP contribution in [0.3, 0.4) is 0 Å². The molecule has 1 amide bonds. The van der Waals surface area contributed by atoms with Gasteiger partial charge in [0.25, 0.3) is 5.91 Å². The molecule has 0 unspecified atom stereocenters. The molecular weight excluding hydrogens is 386 g/mol. The van der Waals surface area contributed by atoms with Gasteiger partial charge in [0.1, 0.15) is 5.75 Å². The fraction of sp³-hybridized carbons (Fsp3) is 0.133. The van der Waals surface area contributed by atoms with Crippen molar-refractivity contribution in [1.82, 2.24) is 0 Å². The van der Waals surface area contributed by atoms with Crippen LogP contribution in [0.15, 0.2) is 45.3 Å². The Bertz CT molecular complexity index is 656. The summed E-state index contributed by atoms with van der Waals surface area (Å²) in [5, 5.41) is 2.87. The van der Waals surface area contributed by atoms with E-state index >= 15 is 0 Å². The molecule has 0 bridgehead atoms. The van der Waals surface area contributed by atoms with Crippen molar-refractivity contribution in [2.75, 3.05) is 12.4 Å². The first-order valence-electron chi connectivity index (χ1n) is 5.92. The molecule has 0 aliphatic carbocycles. The van der Waals surface area contributed by atoms with E-state index in [2.05, 4.69) is 37.2 Å². The van der Waals surface area contributed by atoms with E-state index in [-0.39, 0.29) is 5.91 Å². The number of hydrogen-bond donors (Lipinski definition) is 1. The molecule has 20 heavy (non-hydrogen) atoms. The highest BCUT2D eigenvalue weighted by molar-refractivity contribution is 9.10. The fourth-order valence-corrected chi connectivity index (χ4v) is 2.70. The van der Waals surface area contributed by atoms with E-state index in [4.69, 9.17) is 4.74 Å². The van der Waals surface area contributed by atoms with Crippen molar-refractivity contribution in [2.24, 2.45) is 0 Å². The van der Waals surface area contributed by atoms with Gasteiger partial charge >= 0.3 is 0 Å². The lowest BCUT2D eigenvalue weighted by Crippen LogP contribution is -2.13. The maximum absolute atomic E-state index is 12.3. The van der Waals surface area contributed by atoms with Crippen LogP contribution in [0, 0.1) is 6.92 Å². The largest absolute Gasteiger partial charge is 0.496 e. The molecule has 0 aromatic heterocycles. The number of nitrogens with one attached hydrogen (secondary N) is 1. The predicted octanol–water partition coefficient (Wildman–Crippen LogP) is 4.78. The summed E-state index contributed by atoms with van der Waals surface area (Å²) >= 11 is 6.80. The van der Waals surface area contributed by atoms with Crippen LogP contribution in [0.25, 0.3) is 0 Å². The number of hydrogen-bond acceptors (Lipinski definition) is 2. The number of methoxy groups -OCH3 is 1. The Balaban J connectivity index is 2.28. The molecule has 0 fully saturated rings. The van der Waals surface area contributed by atoms with Crippen LogP contribution in [-0.4, -0.2) is 13.0 Å². The van der Waals surface area contributed by atoms with Gasteiger partial charge in [-0.15, -0.1) is 0 Å². The summed E-state index contributed by atoms with van der Waals surface area (Å²) in [4.78, 5) is 12.3. The van der Waals surface area contributed by atoms with E-state index in [0.29, 0.717) is 11.3 Å². The van der Waals surface area contributed by atoms with Crippen molar-refractivity contribution in [3.05, 3.63) is 56.5 Å². The van der Waals surface area contributed by atoms with Gasteiger partial charge < -0.3 is 10.1 Å². The summed E-state index contributed by atoms with van der Waals surface area (Å²) in [6, 6.07) is 11.1. The third-order valence-electron chi connectivity index (χ3n) is 2.78. The third-order valence-corrected chi connectivity index (χ3v) is 3.93. The average molecular weight is 399 g/mol. The van der Waals surface area contributed by atoms with Crippen LogP contribution in [-0.2, 0) is 0 Å². The fourth-order valence-electron chi connectivity index (χ4n) is 1.76. The molecule has 2 rings (SSSR count). The number of halogens is 2. The first-order chi connectivity index (χ1) is 9.51. The molecule has 0 aliphatic heterocycles. The van der Waals surface area contributed by atoms with E-state index in [0.717, 1.165) is 20.2 Å². The molecule has 0 radical (unpaired) electrons. The molecule has 5 heteroatoms. The molecule has 0 spiro atoms. The maximum Gasteiger partial charge on any atom is 0.259 e. The zero-order valence-electron chi connectivity index (χ0n) is 11.0. The van der Waals surface area contributed by atoms with Crippen LogP contribution in [0.2, 0.25) is 0 Å². The Kier molecular flexibility index (Phi) is 4.83. The second-order valence-electron chi connectivity index (χ2n) is 4.28. The standard InChI is InChI=1S/C15H13Br2NO2/c1-9-3-6-13(12(17)7-9)18-15(19)11-5-4-10(16)8-14(11)20-2/h3-8H,1-2H3,(H,18,19). The smallest absolute Gasteiger partial charge is 0.259 e. The molecule has 104 valence electrons. The molecule has 2 aromatic rings. The van der Waals surface area contributed by atoms with Gasteiger partial charge in [-0.3, -0.25) is 4.79 Å². The molecule has 2 aromatic carbocycles. The van der Waals surface area contributed by atoms with E-state index in [9.17, 15) is 4.79 Å². The Hall–Kier alpha value is -1.33. The highest BCUT2D eigenvalue weighted by Crippen LogP contribution is 2.27. The lowest BCUT2D eigenvalue weighted by atomic mass is 10.1. The topological polar surface area (TPSA) is 38.3 Å². The quantitative estimate of drug-likeness (QED) is 0.807. The first-order valence-corrected chi connectivity index (χ1v) is 7.51. The van der Waals surface area contributed by atoms with Crippen molar-refractivity contribution in [3.8, 4) is 5.75 Å². The molecule has 0 atom stereocenters. The van der Waals surface area contributed by atoms with Crippen molar-refractivity contribution in [3.63, 3.8) is 0 Å². The summed E-state index contributed by atoms with van der Waals surface area (Å²) in [6.07, 6.45) is 0. The Morgan fingerprint density at radius 3 is 2.55 bits per heavy atom. The monoisotopic (exact) mass is 397 g/mol. The summed E-state index contributed by atoms with van der Waals surface area (Å²) < 4.78 is 6.94. The van der Waals surface area contributed by atoms with Crippen LogP contribution in [0.5, 0.6) is 5.75 Å².